The molecule has 1 saturated carbocycles. The molecule has 4 heteroatoms. The topological polar surface area (TPSA) is 30.9 Å². The van der Waals surface area contributed by atoms with Gasteiger partial charge in [-0.3, -0.25) is 4.90 Å². The van der Waals surface area contributed by atoms with Crippen molar-refractivity contribution >= 4 is 0 Å². The first kappa shape index (κ1) is 14.8. The highest BCUT2D eigenvalue weighted by Gasteiger charge is 2.37. The Labute approximate surface area is 127 Å². The number of fused-ring (bicyclic) bond motifs is 1. The molecule has 1 heterocycles. The van der Waals surface area contributed by atoms with Crippen molar-refractivity contribution in [3.8, 4) is 5.75 Å². The summed E-state index contributed by atoms with van der Waals surface area (Å²) in [6, 6.07) is 8.74. The van der Waals surface area contributed by atoms with E-state index in [1.807, 2.05) is 19.2 Å². The molecule has 4 nitrogen and oxygen atoms in total. The molecule has 3 atom stereocenters. The van der Waals surface area contributed by atoms with Gasteiger partial charge in [-0.15, -0.1) is 0 Å². The van der Waals surface area contributed by atoms with Gasteiger partial charge in [-0.25, -0.2) is 0 Å². The number of ether oxygens (including phenoxy) is 3. The van der Waals surface area contributed by atoms with Gasteiger partial charge in [0.2, 0.25) is 0 Å². The van der Waals surface area contributed by atoms with Gasteiger partial charge < -0.3 is 14.2 Å². The molecule has 1 saturated heterocycles. The zero-order valence-electron chi connectivity index (χ0n) is 13.0. The van der Waals surface area contributed by atoms with E-state index in [1.165, 1.54) is 5.56 Å². The molecule has 3 rings (SSSR count). The van der Waals surface area contributed by atoms with E-state index < -0.39 is 0 Å². The standard InChI is InChI=1S/C17H25NO3/c1-19-14-7-8-17-15(11-14)18(9-10-21-17)12-13-5-3-4-6-16(13)20-2/h3-6,14-15,17H,7-12H2,1-2H3/t14-,15+,17+/m0/s1. The Balaban J connectivity index is 1.74. The molecule has 2 fully saturated rings. The number of nitrogens with zero attached hydrogens (tertiary/aromatic N) is 1. The van der Waals surface area contributed by atoms with Crippen LogP contribution in [0.25, 0.3) is 0 Å². The maximum absolute atomic E-state index is 5.97. The largest absolute Gasteiger partial charge is 0.496 e. The predicted octanol–water partition coefficient (Wildman–Crippen LogP) is 2.46. The number of methoxy groups -OCH3 is 2. The molecular formula is C17H25NO3. The van der Waals surface area contributed by atoms with Crippen LogP contribution in [0, 0.1) is 0 Å². The van der Waals surface area contributed by atoms with Crippen LogP contribution in [0.1, 0.15) is 24.8 Å². The zero-order chi connectivity index (χ0) is 14.7. The number of rotatable bonds is 4. The van der Waals surface area contributed by atoms with Crippen molar-refractivity contribution in [3.63, 3.8) is 0 Å². The Bertz CT molecular complexity index is 465. The Morgan fingerprint density at radius 3 is 2.90 bits per heavy atom. The van der Waals surface area contributed by atoms with Crippen LogP contribution in [-0.2, 0) is 16.0 Å². The molecule has 1 aromatic carbocycles. The van der Waals surface area contributed by atoms with Crippen LogP contribution in [0.15, 0.2) is 24.3 Å². The van der Waals surface area contributed by atoms with E-state index in [0.717, 1.165) is 44.7 Å². The van der Waals surface area contributed by atoms with Gasteiger partial charge in [-0.05, 0) is 25.3 Å². The Morgan fingerprint density at radius 1 is 1.24 bits per heavy atom. The molecule has 0 aromatic heterocycles. The average Bonchev–Trinajstić information content (AvgIpc) is 2.55. The molecule has 2 aliphatic rings. The summed E-state index contributed by atoms with van der Waals surface area (Å²) in [6.07, 6.45) is 4.01. The molecular weight excluding hydrogens is 266 g/mol. The molecule has 0 amide bonds. The molecule has 1 aliphatic carbocycles. The number of morpholine rings is 1. The van der Waals surface area contributed by atoms with Crippen molar-refractivity contribution in [1.82, 2.24) is 4.90 Å². The smallest absolute Gasteiger partial charge is 0.123 e. The molecule has 0 spiro atoms. The Hall–Kier alpha value is -1.10. The Morgan fingerprint density at radius 2 is 2.10 bits per heavy atom. The van der Waals surface area contributed by atoms with Gasteiger partial charge in [-0.1, -0.05) is 18.2 Å². The van der Waals surface area contributed by atoms with Crippen molar-refractivity contribution in [2.75, 3.05) is 27.4 Å². The van der Waals surface area contributed by atoms with Crippen LogP contribution >= 0.6 is 0 Å². The molecule has 21 heavy (non-hydrogen) atoms. The van der Waals surface area contributed by atoms with Crippen molar-refractivity contribution in [3.05, 3.63) is 29.8 Å². The number of benzene rings is 1. The molecule has 1 aromatic rings. The molecule has 116 valence electrons. The van der Waals surface area contributed by atoms with Gasteiger partial charge in [0.05, 0.1) is 25.9 Å². The van der Waals surface area contributed by atoms with E-state index in [1.54, 1.807) is 7.11 Å². The van der Waals surface area contributed by atoms with Gasteiger partial charge >= 0.3 is 0 Å². The van der Waals surface area contributed by atoms with Crippen molar-refractivity contribution in [2.45, 2.75) is 44.1 Å². The molecule has 0 unspecified atom stereocenters. The summed E-state index contributed by atoms with van der Waals surface area (Å²) in [4.78, 5) is 2.54. The van der Waals surface area contributed by atoms with Crippen molar-refractivity contribution in [2.24, 2.45) is 0 Å². The van der Waals surface area contributed by atoms with Gasteiger partial charge in [-0.2, -0.15) is 0 Å². The first-order valence-electron chi connectivity index (χ1n) is 7.82. The summed E-state index contributed by atoms with van der Waals surface area (Å²) in [7, 11) is 3.56. The second kappa shape index (κ2) is 6.77. The maximum Gasteiger partial charge on any atom is 0.123 e. The van der Waals surface area contributed by atoms with Crippen LogP contribution in [0.2, 0.25) is 0 Å². The van der Waals surface area contributed by atoms with E-state index in [9.17, 15) is 0 Å². The van der Waals surface area contributed by atoms with E-state index in [0.29, 0.717) is 18.2 Å². The van der Waals surface area contributed by atoms with Gasteiger partial charge in [0.15, 0.2) is 0 Å². The van der Waals surface area contributed by atoms with Gasteiger partial charge in [0.25, 0.3) is 0 Å². The summed E-state index contributed by atoms with van der Waals surface area (Å²) < 4.78 is 17.0. The van der Waals surface area contributed by atoms with Crippen LogP contribution in [0.3, 0.4) is 0 Å². The normalized spacial score (nSPS) is 29.9. The highest BCUT2D eigenvalue weighted by molar-refractivity contribution is 5.33. The molecule has 0 radical (unpaired) electrons. The first-order valence-corrected chi connectivity index (χ1v) is 7.82. The lowest BCUT2D eigenvalue weighted by molar-refractivity contribution is -0.116. The fourth-order valence-corrected chi connectivity index (χ4v) is 3.61. The Kier molecular flexibility index (Phi) is 4.78. The highest BCUT2D eigenvalue weighted by atomic mass is 16.5. The lowest BCUT2D eigenvalue weighted by Gasteiger charge is -2.45. The third kappa shape index (κ3) is 3.23. The van der Waals surface area contributed by atoms with Crippen molar-refractivity contribution in [1.29, 1.82) is 0 Å². The lowest BCUT2D eigenvalue weighted by atomic mass is 9.87. The minimum Gasteiger partial charge on any atom is -0.496 e. The van der Waals surface area contributed by atoms with Crippen LogP contribution in [-0.4, -0.2) is 50.5 Å². The lowest BCUT2D eigenvalue weighted by Crippen LogP contribution is -2.54. The van der Waals surface area contributed by atoms with E-state index in [2.05, 4.69) is 17.0 Å². The highest BCUT2D eigenvalue weighted by Crippen LogP contribution is 2.32. The third-order valence-electron chi connectivity index (χ3n) is 4.79. The third-order valence-corrected chi connectivity index (χ3v) is 4.79. The van der Waals surface area contributed by atoms with Gasteiger partial charge in [0.1, 0.15) is 5.75 Å². The fraction of sp³-hybridized carbons (Fsp3) is 0.647. The molecule has 1 aliphatic heterocycles. The number of para-hydroxylation sites is 1. The van der Waals surface area contributed by atoms with Crippen LogP contribution < -0.4 is 4.74 Å². The van der Waals surface area contributed by atoms with Gasteiger partial charge in [0, 0.05) is 31.8 Å². The minimum atomic E-state index is 0.361. The number of hydrogen-bond donors (Lipinski definition) is 0. The summed E-state index contributed by atoms with van der Waals surface area (Å²) in [5.41, 5.74) is 1.25. The first-order chi connectivity index (χ1) is 10.3. The molecule has 0 N–H and O–H groups in total. The average molecular weight is 291 g/mol. The summed E-state index contributed by atoms with van der Waals surface area (Å²) in [5.74, 6) is 0.972. The summed E-state index contributed by atoms with van der Waals surface area (Å²) in [6.45, 7) is 2.73. The van der Waals surface area contributed by atoms with Crippen LogP contribution in [0.4, 0.5) is 0 Å². The second-order valence-corrected chi connectivity index (χ2v) is 5.93. The predicted molar refractivity (Wildman–Crippen MR) is 81.6 cm³/mol. The number of hydrogen-bond acceptors (Lipinski definition) is 4. The fourth-order valence-electron chi connectivity index (χ4n) is 3.61. The van der Waals surface area contributed by atoms with E-state index >= 15 is 0 Å². The van der Waals surface area contributed by atoms with Crippen molar-refractivity contribution < 1.29 is 14.2 Å². The SMILES string of the molecule is COc1ccccc1CN1CCO[C@@H]2CC[C@H](OC)C[C@H]21. The quantitative estimate of drug-likeness (QED) is 0.852. The summed E-state index contributed by atoms with van der Waals surface area (Å²) in [5, 5.41) is 0. The zero-order valence-corrected chi connectivity index (χ0v) is 13.0. The minimum absolute atomic E-state index is 0.361. The maximum atomic E-state index is 5.97. The second-order valence-electron chi connectivity index (χ2n) is 5.93. The van der Waals surface area contributed by atoms with Crippen LogP contribution in [0.5, 0.6) is 5.75 Å². The van der Waals surface area contributed by atoms with E-state index in [-0.39, 0.29) is 0 Å². The van der Waals surface area contributed by atoms with E-state index in [4.69, 9.17) is 14.2 Å². The monoisotopic (exact) mass is 291 g/mol. The summed E-state index contributed by atoms with van der Waals surface area (Å²) >= 11 is 0. The molecule has 0 bridgehead atoms.